The van der Waals surface area contributed by atoms with Crippen LogP contribution in [0.1, 0.15) is 21.7 Å². The summed E-state index contributed by atoms with van der Waals surface area (Å²) >= 11 is 0. The SMILES string of the molecule is COc1cc(NC(=O)c2c(C)coc2C)ccn1. The van der Waals surface area contributed by atoms with Crippen LogP contribution in [0, 0.1) is 13.8 Å². The third-order valence-electron chi connectivity index (χ3n) is 2.59. The molecule has 0 aliphatic heterocycles. The van der Waals surface area contributed by atoms with Crippen molar-refractivity contribution in [3.8, 4) is 5.88 Å². The molecule has 0 aliphatic rings. The van der Waals surface area contributed by atoms with Crippen LogP contribution < -0.4 is 10.1 Å². The Morgan fingerprint density at radius 2 is 2.22 bits per heavy atom. The van der Waals surface area contributed by atoms with Crippen LogP contribution in [0.25, 0.3) is 0 Å². The van der Waals surface area contributed by atoms with Crippen molar-refractivity contribution in [2.24, 2.45) is 0 Å². The molecule has 0 bridgehead atoms. The Balaban J connectivity index is 2.21. The summed E-state index contributed by atoms with van der Waals surface area (Å²) in [6.45, 7) is 3.59. The van der Waals surface area contributed by atoms with E-state index in [2.05, 4.69) is 10.3 Å². The molecule has 1 amide bonds. The van der Waals surface area contributed by atoms with E-state index >= 15 is 0 Å². The van der Waals surface area contributed by atoms with E-state index < -0.39 is 0 Å². The standard InChI is InChI=1S/C13H14N2O3/c1-8-7-18-9(2)12(8)13(16)15-10-4-5-14-11(6-10)17-3/h4-7H,1-3H3,(H,14,15,16). The number of nitrogens with zero attached hydrogens (tertiary/aromatic N) is 1. The van der Waals surface area contributed by atoms with Crippen LogP contribution in [-0.4, -0.2) is 18.0 Å². The van der Waals surface area contributed by atoms with Gasteiger partial charge in [0.25, 0.3) is 5.91 Å². The van der Waals surface area contributed by atoms with E-state index in [0.29, 0.717) is 22.9 Å². The van der Waals surface area contributed by atoms with Gasteiger partial charge in [0.2, 0.25) is 5.88 Å². The molecule has 0 saturated carbocycles. The van der Waals surface area contributed by atoms with Crippen molar-refractivity contribution in [3.05, 3.63) is 41.5 Å². The van der Waals surface area contributed by atoms with Gasteiger partial charge in [-0.15, -0.1) is 0 Å². The van der Waals surface area contributed by atoms with Crippen molar-refractivity contribution in [1.29, 1.82) is 0 Å². The molecule has 18 heavy (non-hydrogen) atoms. The summed E-state index contributed by atoms with van der Waals surface area (Å²) in [4.78, 5) is 16.1. The third kappa shape index (κ3) is 2.34. The lowest BCUT2D eigenvalue weighted by atomic mass is 10.1. The monoisotopic (exact) mass is 246 g/mol. The number of amides is 1. The number of hydrogen-bond donors (Lipinski definition) is 1. The van der Waals surface area contributed by atoms with E-state index in [4.69, 9.17) is 9.15 Å². The second-order valence-electron chi connectivity index (χ2n) is 3.89. The molecule has 5 nitrogen and oxygen atoms in total. The highest BCUT2D eigenvalue weighted by atomic mass is 16.5. The van der Waals surface area contributed by atoms with E-state index in [9.17, 15) is 4.79 Å². The summed E-state index contributed by atoms with van der Waals surface area (Å²) in [6, 6.07) is 3.35. The zero-order valence-electron chi connectivity index (χ0n) is 10.5. The maximum Gasteiger partial charge on any atom is 0.259 e. The van der Waals surface area contributed by atoms with Crippen LogP contribution in [0.15, 0.2) is 29.0 Å². The number of methoxy groups -OCH3 is 1. The molecule has 0 radical (unpaired) electrons. The highest BCUT2D eigenvalue weighted by molar-refractivity contribution is 6.05. The minimum Gasteiger partial charge on any atom is -0.481 e. The highest BCUT2D eigenvalue weighted by Crippen LogP contribution is 2.19. The molecule has 2 rings (SSSR count). The number of aromatic nitrogens is 1. The first-order valence-electron chi connectivity index (χ1n) is 5.48. The molecule has 0 aliphatic carbocycles. The summed E-state index contributed by atoms with van der Waals surface area (Å²) < 4.78 is 10.2. The number of carbonyl (C=O) groups excluding carboxylic acids is 1. The van der Waals surface area contributed by atoms with E-state index in [-0.39, 0.29) is 5.91 Å². The summed E-state index contributed by atoms with van der Waals surface area (Å²) in [6.07, 6.45) is 3.14. The average molecular weight is 246 g/mol. The molecule has 2 heterocycles. The van der Waals surface area contributed by atoms with E-state index in [0.717, 1.165) is 5.56 Å². The number of aryl methyl sites for hydroxylation is 2. The zero-order valence-corrected chi connectivity index (χ0v) is 10.5. The first kappa shape index (κ1) is 12.2. The molecule has 94 valence electrons. The predicted octanol–water partition coefficient (Wildman–Crippen LogP) is 2.55. The third-order valence-corrected chi connectivity index (χ3v) is 2.59. The minimum absolute atomic E-state index is 0.202. The van der Waals surface area contributed by atoms with Crippen LogP contribution in [0.3, 0.4) is 0 Å². The van der Waals surface area contributed by atoms with Gasteiger partial charge in [-0.05, 0) is 19.9 Å². The van der Waals surface area contributed by atoms with Gasteiger partial charge in [0.15, 0.2) is 0 Å². The lowest BCUT2D eigenvalue weighted by Gasteiger charge is -2.06. The molecule has 0 atom stereocenters. The molecule has 0 fully saturated rings. The van der Waals surface area contributed by atoms with Crippen LogP contribution in [0.2, 0.25) is 0 Å². The van der Waals surface area contributed by atoms with Crippen molar-refractivity contribution in [2.45, 2.75) is 13.8 Å². The number of pyridine rings is 1. The maximum atomic E-state index is 12.1. The van der Waals surface area contributed by atoms with Crippen molar-refractivity contribution >= 4 is 11.6 Å². The normalized spacial score (nSPS) is 10.2. The van der Waals surface area contributed by atoms with E-state index in [1.54, 1.807) is 31.5 Å². The Kier molecular flexibility index (Phi) is 3.32. The second-order valence-corrected chi connectivity index (χ2v) is 3.89. The van der Waals surface area contributed by atoms with Crippen LogP contribution in [0.5, 0.6) is 5.88 Å². The van der Waals surface area contributed by atoms with Gasteiger partial charge in [-0.3, -0.25) is 4.79 Å². The smallest absolute Gasteiger partial charge is 0.259 e. The van der Waals surface area contributed by atoms with Gasteiger partial charge in [0.1, 0.15) is 5.76 Å². The molecule has 5 heteroatoms. The Bertz CT molecular complexity index is 556. The summed E-state index contributed by atoms with van der Waals surface area (Å²) in [5.74, 6) is 0.853. The number of rotatable bonds is 3. The van der Waals surface area contributed by atoms with Crippen molar-refractivity contribution in [1.82, 2.24) is 4.98 Å². The minimum atomic E-state index is -0.202. The molecule has 0 spiro atoms. The fourth-order valence-corrected chi connectivity index (χ4v) is 1.70. The van der Waals surface area contributed by atoms with Gasteiger partial charge in [-0.2, -0.15) is 0 Å². The summed E-state index contributed by atoms with van der Waals surface area (Å²) in [5, 5.41) is 2.78. The fraction of sp³-hybridized carbons (Fsp3) is 0.231. The molecule has 1 N–H and O–H groups in total. The summed E-state index contributed by atoms with van der Waals surface area (Å²) in [7, 11) is 1.53. The predicted molar refractivity (Wildman–Crippen MR) is 66.9 cm³/mol. The van der Waals surface area contributed by atoms with E-state index in [1.807, 2.05) is 6.92 Å². The highest BCUT2D eigenvalue weighted by Gasteiger charge is 2.15. The van der Waals surface area contributed by atoms with Gasteiger partial charge in [-0.1, -0.05) is 0 Å². The number of carbonyl (C=O) groups is 1. The Hall–Kier alpha value is -2.30. The lowest BCUT2D eigenvalue weighted by molar-refractivity contribution is 0.102. The number of hydrogen-bond acceptors (Lipinski definition) is 4. The van der Waals surface area contributed by atoms with Gasteiger partial charge in [-0.25, -0.2) is 4.98 Å². The molecular formula is C13H14N2O3. The Labute approximate surface area is 105 Å². The largest absolute Gasteiger partial charge is 0.481 e. The molecular weight excluding hydrogens is 232 g/mol. The molecule has 2 aromatic rings. The molecule has 0 aromatic carbocycles. The summed E-state index contributed by atoms with van der Waals surface area (Å²) in [5.41, 5.74) is 2.00. The second kappa shape index (κ2) is 4.91. The molecule has 0 saturated heterocycles. The first-order valence-corrected chi connectivity index (χ1v) is 5.48. The topological polar surface area (TPSA) is 64.4 Å². The molecule has 0 unspecified atom stereocenters. The van der Waals surface area contributed by atoms with Crippen LogP contribution in [-0.2, 0) is 0 Å². The van der Waals surface area contributed by atoms with Gasteiger partial charge < -0.3 is 14.5 Å². The first-order chi connectivity index (χ1) is 8.61. The van der Waals surface area contributed by atoms with Crippen molar-refractivity contribution in [2.75, 3.05) is 12.4 Å². The van der Waals surface area contributed by atoms with Crippen LogP contribution in [0.4, 0.5) is 5.69 Å². The van der Waals surface area contributed by atoms with Gasteiger partial charge in [0.05, 0.1) is 18.9 Å². The van der Waals surface area contributed by atoms with E-state index in [1.165, 1.54) is 7.11 Å². The number of ether oxygens (including phenoxy) is 1. The number of nitrogens with one attached hydrogen (secondary N) is 1. The van der Waals surface area contributed by atoms with Crippen LogP contribution >= 0.6 is 0 Å². The maximum absolute atomic E-state index is 12.1. The number of furan rings is 1. The van der Waals surface area contributed by atoms with Crippen molar-refractivity contribution in [3.63, 3.8) is 0 Å². The quantitative estimate of drug-likeness (QED) is 0.903. The van der Waals surface area contributed by atoms with Gasteiger partial charge in [0, 0.05) is 23.5 Å². The number of anilines is 1. The average Bonchev–Trinajstić information content (AvgIpc) is 2.69. The molecule has 2 aromatic heterocycles. The Morgan fingerprint density at radius 3 is 2.83 bits per heavy atom. The van der Waals surface area contributed by atoms with Crippen molar-refractivity contribution < 1.29 is 13.9 Å². The fourth-order valence-electron chi connectivity index (χ4n) is 1.70. The Morgan fingerprint density at radius 1 is 1.44 bits per heavy atom. The lowest BCUT2D eigenvalue weighted by Crippen LogP contribution is -2.13. The zero-order chi connectivity index (χ0) is 13.1. The van der Waals surface area contributed by atoms with Gasteiger partial charge >= 0.3 is 0 Å².